The molecule has 2 aromatic carbocycles. The van der Waals surface area contributed by atoms with Gasteiger partial charge < -0.3 is 15.8 Å². The van der Waals surface area contributed by atoms with Gasteiger partial charge in [0.05, 0.1) is 23.8 Å². The van der Waals surface area contributed by atoms with Gasteiger partial charge in [-0.15, -0.1) is 0 Å². The monoisotopic (exact) mass is 362 g/mol. The lowest BCUT2D eigenvalue weighted by Gasteiger charge is -2.45. The average Bonchev–Trinajstić information content (AvgIpc) is 2.66. The summed E-state index contributed by atoms with van der Waals surface area (Å²) in [4.78, 5) is 0. The Morgan fingerprint density at radius 1 is 1.08 bits per heavy atom. The Kier molecular flexibility index (Phi) is 4.40. The zero-order valence-corrected chi connectivity index (χ0v) is 14.2. The van der Waals surface area contributed by atoms with E-state index in [-0.39, 0.29) is 24.2 Å². The van der Waals surface area contributed by atoms with Crippen molar-refractivity contribution in [2.75, 3.05) is 11.9 Å². The highest BCUT2D eigenvalue weighted by Crippen LogP contribution is 2.51. The molecule has 0 spiro atoms. The molecule has 0 radical (unpaired) electrons. The summed E-state index contributed by atoms with van der Waals surface area (Å²) >= 11 is 0. The number of alkyl halides is 3. The summed E-state index contributed by atoms with van der Waals surface area (Å²) in [5.41, 5.74) is 7.52. The van der Waals surface area contributed by atoms with E-state index in [2.05, 4.69) is 5.32 Å². The first kappa shape index (κ1) is 17.4. The minimum Gasteiger partial charge on any atom is -0.378 e. The first-order valence-corrected chi connectivity index (χ1v) is 8.85. The predicted octanol–water partition coefficient (Wildman–Crippen LogP) is 4.67. The average molecular weight is 362 g/mol. The first-order valence-electron chi connectivity index (χ1n) is 8.85. The molecule has 0 amide bonds. The molecule has 6 heteroatoms. The Hall–Kier alpha value is -2.05. The Balaban J connectivity index is 1.77. The Bertz CT molecular complexity index is 778. The second-order valence-electron chi connectivity index (χ2n) is 6.99. The van der Waals surface area contributed by atoms with E-state index in [4.69, 9.17) is 10.5 Å². The maximum atomic E-state index is 13.2. The van der Waals surface area contributed by atoms with Gasteiger partial charge in [-0.25, -0.2) is 0 Å². The standard InChI is InChI=1S/C20H21F3N2O/c21-20(22,23)13-6-9-17-16(10-13)19-15(8-7-14(11-24)26-19)18(25-17)12-4-2-1-3-5-12/h1-6,9-10,14-15,18-19,25H,7-8,11,24H2/t14-,15+,18-,19+/m1/s1. The highest BCUT2D eigenvalue weighted by molar-refractivity contribution is 5.58. The Morgan fingerprint density at radius 2 is 1.85 bits per heavy atom. The molecule has 2 aromatic rings. The van der Waals surface area contributed by atoms with E-state index in [9.17, 15) is 13.2 Å². The number of ether oxygens (including phenoxy) is 1. The van der Waals surface area contributed by atoms with Crippen molar-refractivity contribution in [3.8, 4) is 0 Å². The molecule has 1 fully saturated rings. The number of benzene rings is 2. The molecule has 26 heavy (non-hydrogen) atoms. The molecule has 0 aliphatic carbocycles. The van der Waals surface area contributed by atoms with Gasteiger partial charge in [-0.3, -0.25) is 0 Å². The van der Waals surface area contributed by atoms with Crippen molar-refractivity contribution < 1.29 is 17.9 Å². The molecular weight excluding hydrogens is 341 g/mol. The van der Waals surface area contributed by atoms with Crippen LogP contribution in [0.15, 0.2) is 48.5 Å². The maximum Gasteiger partial charge on any atom is 0.416 e. The van der Waals surface area contributed by atoms with Gasteiger partial charge in [0.1, 0.15) is 0 Å². The van der Waals surface area contributed by atoms with Crippen molar-refractivity contribution in [2.45, 2.75) is 37.3 Å². The van der Waals surface area contributed by atoms with Crippen LogP contribution in [0.1, 0.15) is 41.7 Å². The molecule has 2 heterocycles. The number of fused-ring (bicyclic) bond motifs is 3. The predicted molar refractivity (Wildman–Crippen MR) is 93.6 cm³/mol. The second kappa shape index (κ2) is 6.59. The van der Waals surface area contributed by atoms with E-state index in [1.807, 2.05) is 30.3 Å². The summed E-state index contributed by atoms with van der Waals surface area (Å²) in [7, 11) is 0. The molecule has 0 bridgehead atoms. The summed E-state index contributed by atoms with van der Waals surface area (Å²) in [6.45, 7) is 0.376. The van der Waals surface area contributed by atoms with E-state index in [0.29, 0.717) is 17.8 Å². The quantitative estimate of drug-likeness (QED) is 0.816. The summed E-state index contributed by atoms with van der Waals surface area (Å²) in [5.74, 6) is 0.0659. The van der Waals surface area contributed by atoms with Crippen LogP contribution in [0.3, 0.4) is 0 Å². The summed E-state index contributed by atoms with van der Waals surface area (Å²) < 4.78 is 45.7. The molecule has 0 aromatic heterocycles. The summed E-state index contributed by atoms with van der Waals surface area (Å²) in [5, 5.41) is 3.45. The van der Waals surface area contributed by atoms with Crippen molar-refractivity contribution in [3.63, 3.8) is 0 Å². The van der Waals surface area contributed by atoms with Gasteiger partial charge >= 0.3 is 6.18 Å². The highest BCUT2D eigenvalue weighted by Gasteiger charge is 2.43. The molecule has 1 saturated heterocycles. The smallest absolute Gasteiger partial charge is 0.378 e. The van der Waals surface area contributed by atoms with Crippen LogP contribution in [0.4, 0.5) is 18.9 Å². The number of hydrogen-bond acceptors (Lipinski definition) is 3. The van der Waals surface area contributed by atoms with Gasteiger partial charge in [0.2, 0.25) is 0 Å². The van der Waals surface area contributed by atoms with E-state index in [0.717, 1.165) is 24.5 Å². The second-order valence-corrected chi connectivity index (χ2v) is 6.99. The lowest BCUT2D eigenvalue weighted by molar-refractivity contribution is -0.138. The lowest BCUT2D eigenvalue weighted by Crippen LogP contribution is -2.41. The zero-order chi connectivity index (χ0) is 18.3. The first-order chi connectivity index (χ1) is 12.5. The van der Waals surface area contributed by atoms with Crippen molar-refractivity contribution in [2.24, 2.45) is 11.7 Å². The van der Waals surface area contributed by atoms with Crippen LogP contribution in [0.2, 0.25) is 0 Å². The summed E-state index contributed by atoms with van der Waals surface area (Å²) in [6, 6.07) is 13.8. The third-order valence-electron chi connectivity index (χ3n) is 5.40. The molecule has 3 nitrogen and oxygen atoms in total. The van der Waals surface area contributed by atoms with Crippen LogP contribution >= 0.6 is 0 Å². The van der Waals surface area contributed by atoms with Gasteiger partial charge in [-0.05, 0) is 36.6 Å². The largest absolute Gasteiger partial charge is 0.416 e. The number of anilines is 1. The lowest BCUT2D eigenvalue weighted by atomic mass is 9.76. The van der Waals surface area contributed by atoms with Crippen molar-refractivity contribution in [3.05, 3.63) is 65.2 Å². The molecule has 2 aliphatic rings. The fourth-order valence-electron chi connectivity index (χ4n) is 4.10. The summed E-state index contributed by atoms with van der Waals surface area (Å²) in [6.07, 6.45) is -3.21. The molecule has 138 valence electrons. The van der Waals surface area contributed by atoms with Crippen LogP contribution in [-0.4, -0.2) is 12.6 Å². The van der Waals surface area contributed by atoms with Gasteiger partial charge in [0, 0.05) is 23.7 Å². The van der Waals surface area contributed by atoms with Gasteiger partial charge in [-0.1, -0.05) is 30.3 Å². The minimum atomic E-state index is -4.37. The van der Waals surface area contributed by atoms with E-state index in [1.54, 1.807) is 0 Å². The normalized spacial score (nSPS) is 28.0. The highest BCUT2D eigenvalue weighted by atomic mass is 19.4. The molecule has 0 unspecified atom stereocenters. The topological polar surface area (TPSA) is 47.3 Å². The molecule has 2 aliphatic heterocycles. The van der Waals surface area contributed by atoms with Crippen LogP contribution in [0, 0.1) is 5.92 Å². The number of rotatable bonds is 2. The van der Waals surface area contributed by atoms with Crippen LogP contribution in [0.25, 0.3) is 0 Å². The number of hydrogen-bond donors (Lipinski definition) is 2. The molecule has 4 atom stereocenters. The van der Waals surface area contributed by atoms with E-state index < -0.39 is 11.7 Å². The molecule has 0 saturated carbocycles. The van der Waals surface area contributed by atoms with E-state index >= 15 is 0 Å². The van der Waals surface area contributed by atoms with Crippen LogP contribution in [0.5, 0.6) is 0 Å². The van der Waals surface area contributed by atoms with Crippen molar-refractivity contribution >= 4 is 5.69 Å². The van der Waals surface area contributed by atoms with Crippen LogP contribution < -0.4 is 11.1 Å². The third kappa shape index (κ3) is 3.08. The fourth-order valence-corrected chi connectivity index (χ4v) is 4.10. The molecule has 4 rings (SSSR count). The van der Waals surface area contributed by atoms with Crippen molar-refractivity contribution in [1.29, 1.82) is 0 Å². The zero-order valence-electron chi connectivity index (χ0n) is 14.2. The molecular formula is C20H21F3N2O. The third-order valence-corrected chi connectivity index (χ3v) is 5.40. The Labute approximate surface area is 150 Å². The van der Waals surface area contributed by atoms with E-state index in [1.165, 1.54) is 12.1 Å². The fraction of sp³-hybridized carbons (Fsp3) is 0.400. The van der Waals surface area contributed by atoms with Gasteiger partial charge in [0.25, 0.3) is 0 Å². The van der Waals surface area contributed by atoms with Gasteiger partial charge in [-0.2, -0.15) is 13.2 Å². The SMILES string of the molecule is NC[C@H]1CC[C@H]2[C@@H](c3ccccc3)Nc3ccc(C(F)(F)F)cc3[C@H]2O1. The Morgan fingerprint density at radius 3 is 2.54 bits per heavy atom. The minimum absolute atomic E-state index is 0.00385. The molecule has 3 N–H and O–H groups in total. The number of nitrogens with one attached hydrogen (secondary N) is 1. The van der Waals surface area contributed by atoms with Crippen molar-refractivity contribution in [1.82, 2.24) is 0 Å². The van der Waals surface area contributed by atoms with Gasteiger partial charge in [0.15, 0.2) is 0 Å². The maximum absolute atomic E-state index is 13.2. The van der Waals surface area contributed by atoms with Crippen LogP contribution in [-0.2, 0) is 10.9 Å². The number of nitrogens with two attached hydrogens (primary N) is 1. The number of halogens is 3.